The molecule has 7 heteroatoms. The fourth-order valence-electron chi connectivity index (χ4n) is 3.80. The molecule has 0 radical (unpaired) electrons. The Balaban J connectivity index is 1.75. The number of amides is 1. The van der Waals surface area contributed by atoms with E-state index >= 15 is 0 Å². The molecular weight excluding hydrogens is 378 g/mol. The molecule has 4 atom stereocenters. The van der Waals surface area contributed by atoms with Crippen LogP contribution in [0.5, 0.6) is 0 Å². The molecule has 28 heavy (non-hydrogen) atoms. The summed E-state index contributed by atoms with van der Waals surface area (Å²) >= 11 is 1.14. The van der Waals surface area contributed by atoms with Gasteiger partial charge < -0.3 is 19.9 Å². The quantitative estimate of drug-likeness (QED) is 0.646. The Labute approximate surface area is 170 Å². The van der Waals surface area contributed by atoms with E-state index in [0.29, 0.717) is 12.2 Å². The second kappa shape index (κ2) is 9.76. The third-order valence-corrected chi connectivity index (χ3v) is 6.15. The van der Waals surface area contributed by atoms with Crippen molar-refractivity contribution in [3.63, 3.8) is 0 Å². The first-order valence-corrected chi connectivity index (χ1v) is 11.0. The van der Waals surface area contributed by atoms with Crippen LogP contribution in [-0.2, 0) is 14.3 Å². The van der Waals surface area contributed by atoms with Crippen LogP contribution in [0.15, 0.2) is 36.0 Å². The minimum Gasteiger partial charge on any atom is -0.459 e. The molecule has 3 aliphatic rings. The van der Waals surface area contributed by atoms with Crippen LogP contribution in [0.25, 0.3) is 0 Å². The van der Waals surface area contributed by atoms with Crippen molar-refractivity contribution in [3.8, 4) is 0 Å². The van der Waals surface area contributed by atoms with Crippen LogP contribution < -0.4 is 5.32 Å². The largest absolute Gasteiger partial charge is 0.459 e. The Morgan fingerprint density at radius 2 is 2.00 bits per heavy atom. The van der Waals surface area contributed by atoms with Crippen LogP contribution in [0.4, 0.5) is 4.79 Å². The van der Waals surface area contributed by atoms with Gasteiger partial charge in [0.1, 0.15) is 6.10 Å². The summed E-state index contributed by atoms with van der Waals surface area (Å²) in [5, 5.41) is 13.7. The molecule has 3 rings (SSSR count). The maximum absolute atomic E-state index is 12.3. The molecule has 2 saturated heterocycles. The van der Waals surface area contributed by atoms with Gasteiger partial charge in [0.25, 0.3) is 5.24 Å². The van der Waals surface area contributed by atoms with Gasteiger partial charge in [-0.25, -0.2) is 4.79 Å². The number of hydrogen-bond acceptors (Lipinski definition) is 6. The third-order valence-electron chi connectivity index (χ3n) is 5.27. The average Bonchev–Trinajstić information content (AvgIpc) is 3.06. The fourth-order valence-corrected chi connectivity index (χ4v) is 4.69. The molecule has 2 N–H and O–H groups in total. The van der Waals surface area contributed by atoms with E-state index in [0.717, 1.165) is 49.4 Å². The summed E-state index contributed by atoms with van der Waals surface area (Å²) < 4.78 is 11.7. The second-order valence-electron chi connectivity index (χ2n) is 7.70. The van der Waals surface area contributed by atoms with E-state index in [4.69, 9.17) is 9.47 Å². The number of carbonyl (C=O) groups is 2. The molecule has 6 nitrogen and oxygen atoms in total. The van der Waals surface area contributed by atoms with Crippen molar-refractivity contribution in [2.45, 2.75) is 75.9 Å². The summed E-state index contributed by atoms with van der Waals surface area (Å²) in [7, 11) is 0. The molecule has 0 aromatic heterocycles. The van der Waals surface area contributed by atoms with E-state index in [1.165, 1.54) is 6.08 Å². The molecule has 3 aliphatic heterocycles. The van der Waals surface area contributed by atoms with Gasteiger partial charge in [-0.1, -0.05) is 41.6 Å². The molecule has 0 spiro atoms. The van der Waals surface area contributed by atoms with E-state index in [2.05, 4.69) is 17.5 Å². The van der Waals surface area contributed by atoms with Gasteiger partial charge in [0.2, 0.25) is 0 Å². The summed E-state index contributed by atoms with van der Waals surface area (Å²) in [6.45, 7) is 1.92. The number of hydrogen-bond donors (Lipinski definition) is 2. The van der Waals surface area contributed by atoms with Crippen molar-refractivity contribution in [3.05, 3.63) is 36.0 Å². The second-order valence-corrected chi connectivity index (χ2v) is 8.69. The van der Waals surface area contributed by atoms with Gasteiger partial charge in [0, 0.05) is 24.7 Å². The lowest BCUT2D eigenvalue weighted by atomic mass is 9.91. The van der Waals surface area contributed by atoms with Crippen LogP contribution in [-0.4, -0.2) is 46.1 Å². The predicted molar refractivity (Wildman–Crippen MR) is 109 cm³/mol. The Bertz CT molecular complexity index is 674. The van der Waals surface area contributed by atoms with Gasteiger partial charge in [0.15, 0.2) is 5.79 Å². The first kappa shape index (κ1) is 21.1. The van der Waals surface area contributed by atoms with E-state index in [-0.39, 0.29) is 23.7 Å². The monoisotopic (exact) mass is 407 g/mol. The number of thioether (sulfide) groups is 1. The van der Waals surface area contributed by atoms with Gasteiger partial charge >= 0.3 is 5.97 Å². The van der Waals surface area contributed by atoms with Gasteiger partial charge in [-0.15, -0.1) is 0 Å². The molecule has 2 fully saturated rings. The maximum atomic E-state index is 12.3. The van der Waals surface area contributed by atoms with Crippen LogP contribution >= 0.6 is 11.8 Å². The summed E-state index contributed by atoms with van der Waals surface area (Å²) in [4.78, 5) is 23.9. The summed E-state index contributed by atoms with van der Waals surface area (Å²) in [5.74, 6) is -1.46. The Morgan fingerprint density at radius 1 is 1.21 bits per heavy atom. The smallest absolute Gasteiger partial charge is 0.330 e. The average molecular weight is 408 g/mol. The maximum Gasteiger partial charge on any atom is 0.330 e. The molecule has 2 bridgehead atoms. The minimum absolute atomic E-state index is 0.163. The number of rotatable bonds is 1. The van der Waals surface area contributed by atoms with Crippen molar-refractivity contribution in [2.75, 3.05) is 5.75 Å². The van der Waals surface area contributed by atoms with Crippen LogP contribution in [0.1, 0.15) is 51.9 Å². The van der Waals surface area contributed by atoms with Crippen molar-refractivity contribution in [1.29, 1.82) is 0 Å². The zero-order valence-corrected chi connectivity index (χ0v) is 17.1. The van der Waals surface area contributed by atoms with Crippen molar-refractivity contribution in [1.82, 2.24) is 5.32 Å². The van der Waals surface area contributed by atoms with Gasteiger partial charge in [-0.2, -0.15) is 0 Å². The number of allylic oxidation sites excluding steroid dienone is 5. The van der Waals surface area contributed by atoms with Gasteiger partial charge in [-0.05, 0) is 39.0 Å². The number of esters is 1. The number of ether oxygens (including phenoxy) is 2. The molecule has 3 heterocycles. The van der Waals surface area contributed by atoms with Crippen LogP contribution in [0.3, 0.4) is 0 Å². The van der Waals surface area contributed by atoms with Crippen molar-refractivity contribution in [2.24, 2.45) is 0 Å². The van der Waals surface area contributed by atoms with Crippen LogP contribution in [0.2, 0.25) is 0 Å². The first-order valence-electron chi connectivity index (χ1n) is 9.97. The van der Waals surface area contributed by atoms with Crippen molar-refractivity contribution < 1.29 is 24.2 Å². The number of carbonyl (C=O) groups excluding carboxylic acids is 2. The Morgan fingerprint density at radius 3 is 2.75 bits per heavy atom. The molecule has 0 aliphatic carbocycles. The first-order chi connectivity index (χ1) is 13.4. The lowest BCUT2D eigenvalue weighted by Gasteiger charge is -2.43. The number of fused-ring (bicyclic) bond motifs is 2. The highest BCUT2D eigenvalue weighted by atomic mass is 32.2. The molecule has 1 amide bonds. The minimum atomic E-state index is -1.52. The predicted octanol–water partition coefficient (Wildman–Crippen LogP) is 3.61. The number of nitrogens with one attached hydrogen (secondary N) is 1. The summed E-state index contributed by atoms with van der Waals surface area (Å²) in [6, 6.07) is -0.498. The summed E-state index contributed by atoms with van der Waals surface area (Å²) in [6.07, 6.45) is 14.2. The van der Waals surface area contributed by atoms with Gasteiger partial charge in [0.05, 0.1) is 12.1 Å². The highest BCUT2D eigenvalue weighted by Crippen LogP contribution is 2.36. The molecule has 0 saturated carbocycles. The fraction of sp³-hybridized carbons (Fsp3) is 0.619. The van der Waals surface area contributed by atoms with Crippen molar-refractivity contribution >= 4 is 23.0 Å². The zero-order valence-electron chi connectivity index (χ0n) is 16.3. The Hall–Kier alpha value is -1.57. The van der Waals surface area contributed by atoms with E-state index in [1.807, 2.05) is 19.1 Å². The molecule has 154 valence electrons. The summed E-state index contributed by atoms with van der Waals surface area (Å²) in [5.41, 5.74) is 0.962. The molecular formula is C21H29NO5S. The van der Waals surface area contributed by atoms with Crippen LogP contribution in [0, 0.1) is 0 Å². The molecule has 0 aromatic carbocycles. The highest BCUT2D eigenvalue weighted by molar-refractivity contribution is 8.14. The van der Waals surface area contributed by atoms with E-state index in [9.17, 15) is 14.7 Å². The zero-order chi connectivity index (χ0) is 20.0. The molecule has 1 unspecified atom stereocenters. The topological polar surface area (TPSA) is 84.9 Å². The number of aliphatic hydroxyl groups is 1. The normalized spacial score (nSPS) is 35.2. The molecule has 0 aromatic rings. The third kappa shape index (κ3) is 5.96. The highest BCUT2D eigenvalue weighted by Gasteiger charge is 2.49. The van der Waals surface area contributed by atoms with Gasteiger partial charge in [-0.3, -0.25) is 4.79 Å². The Kier molecular flexibility index (Phi) is 7.37. The van der Waals surface area contributed by atoms with E-state index in [1.54, 1.807) is 0 Å². The standard InChI is InChI=1S/C21H29NO5S/c1-15-9-7-5-3-2-4-6-8-10-16-12-17(26-19(23)11-15)13-21(25,27-16)18-14-28-20(24)22-18/h2-5,11,16-18,25H,6-10,12-14H2,1H3,(H,22,24)/t16?,17-,18+,21-/m1/s1. The lowest BCUT2D eigenvalue weighted by molar-refractivity contribution is -0.283. The lowest BCUT2D eigenvalue weighted by Crippen LogP contribution is -2.58. The van der Waals surface area contributed by atoms with E-state index < -0.39 is 17.9 Å². The SMILES string of the molecule is CC1=CC(=O)O[C@@H]2CC(CCCC=CC=CCC1)O[C@@](O)([C@@H]1CSC(=O)N1)C2.